The number of rotatable bonds is 10. The predicted octanol–water partition coefficient (Wildman–Crippen LogP) is 5.05. The molecule has 2 amide bonds. The normalized spacial score (nSPS) is 12.0. The minimum absolute atomic E-state index is 0.0136. The summed E-state index contributed by atoms with van der Waals surface area (Å²) in [7, 11) is -4.10. The molecule has 0 saturated heterocycles. The van der Waals surface area contributed by atoms with Gasteiger partial charge in [-0.25, -0.2) is 8.42 Å². The van der Waals surface area contributed by atoms with Crippen molar-refractivity contribution in [2.45, 2.75) is 38.3 Å². The summed E-state index contributed by atoms with van der Waals surface area (Å²) in [6.07, 6.45) is 0. The van der Waals surface area contributed by atoms with Crippen LogP contribution in [0, 0.1) is 6.92 Å². The Hall–Kier alpha value is -3.07. The molecule has 0 aromatic heterocycles. The van der Waals surface area contributed by atoms with E-state index < -0.39 is 28.5 Å². The van der Waals surface area contributed by atoms with Gasteiger partial charge in [0.25, 0.3) is 10.0 Å². The Kier molecular flexibility index (Phi) is 9.59. The van der Waals surface area contributed by atoms with Crippen molar-refractivity contribution in [2.24, 2.45) is 0 Å². The number of sulfonamides is 1. The molecule has 1 N–H and O–H groups in total. The first-order valence-electron chi connectivity index (χ1n) is 11.7. The van der Waals surface area contributed by atoms with Crippen molar-refractivity contribution in [3.05, 3.63) is 94.0 Å². The molecule has 0 spiro atoms. The zero-order valence-corrected chi connectivity index (χ0v) is 23.1. The Morgan fingerprint density at radius 2 is 1.62 bits per heavy atom. The lowest BCUT2D eigenvalue weighted by molar-refractivity contribution is -0.139. The molecule has 0 bridgehead atoms. The maximum atomic E-state index is 13.8. The van der Waals surface area contributed by atoms with Gasteiger partial charge in [0, 0.05) is 23.1 Å². The number of carbonyl (C=O) groups is 2. The third-order valence-electron chi connectivity index (χ3n) is 5.81. The number of aryl methyl sites for hydroxylation is 1. The van der Waals surface area contributed by atoms with Gasteiger partial charge >= 0.3 is 0 Å². The molecular formula is C27H29Cl2N3O4S. The van der Waals surface area contributed by atoms with E-state index in [4.69, 9.17) is 23.2 Å². The van der Waals surface area contributed by atoms with E-state index >= 15 is 0 Å². The summed E-state index contributed by atoms with van der Waals surface area (Å²) >= 11 is 12.4. The Bertz CT molecular complexity index is 1350. The van der Waals surface area contributed by atoms with Crippen molar-refractivity contribution in [3.8, 4) is 0 Å². The number of nitrogens with one attached hydrogen (secondary N) is 1. The molecule has 0 aliphatic heterocycles. The van der Waals surface area contributed by atoms with E-state index in [1.54, 1.807) is 74.5 Å². The second-order valence-electron chi connectivity index (χ2n) is 8.49. The van der Waals surface area contributed by atoms with Crippen LogP contribution in [0.25, 0.3) is 0 Å². The van der Waals surface area contributed by atoms with Crippen LogP contribution < -0.4 is 9.62 Å². The average Bonchev–Trinajstić information content (AvgIpc) is 2.87. The number of hydrogen-bond acceptors (Lipinski definition) is 4. The minimum atomic E-state index is -4.10. The quantitative estimate of drug-likeness (QED) is 0.375. The SMILES string of the molecule is CCNC(=O)[C@H](C)N(Cc1ccc(Cl)cc1Cl)C(=O)CN(c1ccc(C)cc1)S(=O)(=O)c1ccccc1. The second kappa shape index (κ2) is 12.4. The van der Waals surface area contributed by atoms with Crippen LogP contribution in [0.2, 0.25) is 10.0 Å². The van der Waals surface area contributed by atoms with Gasteiger partial charge in [0.1, 0.15) is 12.6 Å². The highest BCUT2D eigenvalue weighted by Gasteiger charge is 2.32. The van der Waals surface area contributed by atoms with Crippen LogP contribution in [0.15, 0.2) is 77.7 Å². The van der Waals surface area contributed by atoms with Gasteiger partial charge < -0.3 is 10.2 Å². The standard InChI is InChI=1S/C27H29Cl2N3O4S/c1-4-30-27(34)20(3)31(17-21-12-13-22(28)16-25(21)29)26(33)18-32(23-14-10-19(2)11-15-23)37(35,36)24-8-6-5-7-9-24/h5-16,20H,4,17-18H2,1-3H3,(H,30,34)/t20-/m0/s1. The van der Waals surface area contributed by atoms with Gasteiger partial charge in [-0.2, -0.15) is 0 Å². The van der Waals surface area contributed by atoms with E-state index in [0.717, 1.165) is 9.87 Å². The summed E-state index contributed by atoms with van der Waals surface area (Å²) in [5.41, 5.74) is 1.84. The number of anilines is 1. The maximum Gasteiger partial charge on any atom is 0.264 e. The minimum Gasteiger partial charge on any atom is -0.355 e. The fourth-order valence-electron chi connectivity index (χ4n) is 3.70. The van der Waals surface area contributed by atoms with Crippen LogP contribution in [0.4, 0.5) is 5.69 Å². The molecule has 0 radical (unpaired) electrons. The summed E-state index contributed by atoms with van der Waals surface area (Å²) < 4.78 is 28.4. The lowest BCUT2D eigenvalue weighted by Gasteiger charge is -2.32. The first-order valence-corrected chi connectivity index (χ1v) is 13.9. The lowest BCUT2D eigenvalue weighted by atomic mass is 10.1. The summed E-state index contributed by atoms with van der Waals surface area (Å²) in [6.45, 7) is 5.10. The highest BCUT2D eigenvalue weighted by Crippen LogP contribution is 2.26. The third kappa shape index (κ3) is 7.03. The summed E-state index contributed by atoms with van der Waals surface area (Å²) in [4.78, 5) is 27.9. The maximum absolute atomic E-state index is 13.8. The van der Waals surface area contributed by atoms with Gasteiger partial charge in [-0.05, 0) is 62.7 Å². The predicted molar refractivity (Wildman–Crippen MR) is 147 cm³/mol. The summed E-state index contributed by atoms with van der Waals surface area (Å²) in [5, 5.41) is 3.49. The van der Waals surface area contributed by atoms with E-state index in [9.17, 15) is 18.0 Å². The third-order valence-corrected chi connectivity index (χ3v) is 8.18. The fraction of sp³-hybridized carbons (Fsp3) is 0.259. The lowest BCUT2D eigenvalue weighted by Crippen LogP contribution is -2.51. The van der Waals surface area contributed by atoms with Crippen LogP contribution in [0.1, 0.15) is 25.0 Å². The van der Waals surface area contributed by atoms with Gasteiger partial charge in [-0.15, -0.1) is 0 Å². The number of benzene rings is 3. The zero-order chi connectivity index (χ0) is 27.2. The molecule has 7 nitrogen and oxygen atoms in total. The first kappa shape index (κ1) is 28.5. The smallest absolute Gasteiger partial charge is 0.264 e. The van der Waals surface area contributed by atoms with Crippen LogP contribution in [-0.2, 0) is 26.2 Å². The van der Waals surface area contributed by atoms with Crippen molar-refractivity contribution >= 4 is 50.7 Å². The van der Waals surface area contributed by atoms with Crippen molar-refractivity contribution in [3.63, 3.8) is 0 Å². The zero-order valence-electron chi connectivity index (χ0n) is 20.8. The average molecular weight is 563 g/mol. The monoisotopic (exact) mass is 561 g/mol. The van der Waals surface area contributed by atoms with Crippen LogP contribution in [-0.4, -0.2) is 44.3 Å². The van der Waals surface area contributed by atoms with Crippen molar-refractivity contribution in [2.75, 3.05) is 17.4 Å². The van der Waals surface area contributed by atoms with E-state index in [1.807, 2.05) is 6.92 Å². The molecule has 3 aromatic carbocycles. The number of likely N-dealkylation sites (N-methyl/N-ethyl adjacent to an activating group) is 1. The van der Waals surface area contributed by atoms with Crippen molar-refractivity contribution in [1.82, 2.24) is 10.2 Å². The molecule has 1 atom stereocenters. The number of amides is 2. The molecule has 0 aliphatic rings. The van der Waals surface area contributed by atoms with E-state index in [0.29, 0.717) is 27.8 Å². The molecule has 3 aromatic rings. The van der Waals surface area contributed by atoms with Crippen molar-refractivity contribution < 1.29 is 18.0 Å². The molecule has 0 heterocycles. The van der Waals surface area contributed by atoms with Crippen LogP contribution in [0.5, 0.6) is 0 Å². The van der Waals surface area contributed by atoms with Gasteiger partial charge in [0.2, 0.25) is 11.8 Å². The van der Waals surface area contributed by atoms with Crippen LogP contribution >= 0.6 is 23.2 Å². The highest BCUT2D eigenvalue weighted by atomic mass is 35.5. The van der Waals surface area contributed by atoms with E-state index in [2.05, 4.69) is 5.32 Å². The molecule has 0 fully saturated rings. The topological polar surface area (TPSA) is 86.8 Å². The van der Waals surface area contributed by atoms with Gasteiger partial charge in [-0.3, -0.25) is 13.9 Å². The van der Waals surface area contributed by atoms with Crippen LogP contribution in [0.3, 0.4) is 0 Å². The van der Waals surface area contributed by atoms with Gasteiger partial charge in [0.05, 0.1) is 10.6 Å². The molecule has 0 aliphatic carbocycles. The molecular weight excluding hydrogens is 533 g/mol. The summed E-state index contributed by atoms with van der Waals surface area (Å²) in [6, 6.07) is 18.7. The molecule has 0 saturated carbocycles. The van der Waals surface area contributed by atoms with Gasteiger partial charge in [-0.1, -0.05) is 65.2 Å². The largest absolute Gasteiger partial charge is 0.355 e. The van der Waals surface area contributed by atoms with E-state index in [-0.39, 0.29) is 17.3 Å². The summed E-state index contributed by atoms with van der Waals surface area (Å²) in [5.74, 6) is -0.932. The molecule has 0 unspecified atom stereocenters. The highest BCUT2D eigenvalue weighted by molar-refractivity contribution is 7.92. The Morgan fingerprint density at radius 1 is 0.973 bits per heavy atom. The molecule has 196 valence electrons. The first-order chi connectivity index (χ1) is 17.5. The Labute approximate surface area is 228 Å². The number of hydrogen-bond donors (Lipinski definition) is 1. The molecule has 10 heteroatoms. The Balaban J connectivity index is 2.03. The fourth-order valence-corrected chi connectivity index (χ4v) is 5.60. The van der Waals surface area contributed by atoms with Gasteiger partial charge in [0.15, 0.2) is 0 Å². The number of nitrogens with zero attached hydrogens (tertiary/aromatic N) is 2. The number of halogens is 2. The molecule has 37 heavy (non-hydrogen) atoms. The van der Waals surface area contributed by atoms with Crippen molar-refractivity contribution in [1.29, 1.82) is 0 Å². The second-order valence-corrected chi connectivity index (χ2v) is 11.2. The van der Waals surface area contributed by atoms with E-state index in [1.165, 1.54) is 17.0 Å². The Morgan fingerprint density at radius 3 is 2.22 bits per heavy atom. The number of carbonyl (C=O) groups excluding carboxylic acids is 2. The molecule has 3 rings (SSSR count).